The Labute approximate surface area is 124 Å². The lowest BCUT2D eigenvalue weighted by Gasteiger charge is -2.19. The third-order valence-corrected chi connectivity index (χ3v) is 3.81. The van der Waals surface area contributed by atoms with Crippen molar-refractivity contribution in [2.45, 2.75) is 25.9 Å². The Kier molecular flexibility index (Phi) is 4.10. The van der Waals surface area contributed by atoms with Gasteiger partial charge in [0.1, 0.15) is 0 Å². The highest BCUT2D eigenvalue weighted by molar-refractivity contribution is 5.44. The summed E-state index contributed by atoms with van der Waals surface area (Å²) in [5, 5.41) is 7.70. The molecule has 0 bridgehead atoms. The molecule has 21 heavy (non-hydrogen) atoms. The van der Waals surface area contributed by atoms with Crippen LogP contribution >= 0.6 is 0 Å². The summed E-state index contributed by atoms with van der Waals surface area (Å²) in [5.41, 5.74) is 2.33. The quantitative estimate of drug-likeness (QED) is 0.937. The number of hydrogen-bond acceptors (Lipinski definition) is 4. The van der Waals surface area contributed by atoms with Crippen LogP contribution in [-0.2, 0) is 6.54 Å². The number of ether oxygens (including phenoxy) is 2. The third-order valence-electron chi connectivity index (χ3n) is 3.81. The molecule has 1 atom stereocenters. The SMILES string of the molecule is CNC(Cn1nccc1C)c1ccc2c(c1)OCCCO2. The number of aryl methyl sites for hydroxylation is 1. The average molecular weight is 287 g/mol. The van der Waals surface area contributed by atoms with Crippen molar-refractivity contribution in [2.24, 2.45) is 0 Å². The first-order valence-corrected chi connectivity index (χ1v) is 7.33. The van der Waals surface area contributed by atoms with Crippen molar-refractivity contribution < 1.29 is 9.47 Å². The normalized spacial score (nSPS) is 15.5. The lowest BCUT2D eigenvalue weighted by Crippen LogP contribution is -2.23. The van der Waals surface area contributed by atoms with Crippen LogP contribution in [0.3, 0.4) is 0 Å². The van der Waals surface area contributed by atoms with Gasteiger partial charge in [-0.15, -0.1) is 0 Å². The van der Waals surface area contributed by atoms with E-state index in [4.69, 9.17) is 9.47 Å². The summed E-state index contributed by atoms with van der Waals surface area (Å²) in [6.45, 7) is 4.27. The average Bonchev–Trinajstić information content (AvgIpc) is 2.76. The van der Waals surface area contributed by atoms with E-state index in [1.807, 2.05) is 30.1 Å². The van der Waals surface area contributed by atoms with Gasteiger partial charge in [0.2, 0.25) is 0 Å². The molecule has 1 N–H and O–H groups in total. The predicted octanol–water partition coefficient (Wildman–Crippen LogP) is 2.31. The highest BCUT2D eigenvalue weighted by Crippen LogP contribution is 2.32. The molecule has 0 spiro atoms. The summed E-state index contributed by atoms with van der Waals surface area (Å²) in [4.78, 5) is 0. The van der Waals surface area contributed by atoms with Crippen LogP contribution in [0, 0.1) is 6.92 Å². The summed E-state index contributed by atoms with van der Waals surface area (Å²) >= 11 is 0. The number of nitrogens with zero attached hydrogens (tertiary/aromatic N) is 2. The van der Waals surface area contributed by atoms with Crippen LogP contribution in [0.5, 0.6) is 11.5 Å². The van der Waals surface area contributed by atoms with Crippen LogP contribution < -0.4 is 14.8 Å². The van der Waals surface area contributed by atoms with E-state index in [1.54, 1.807) is 0 Å². The van der Waals surface area contributed by atoms with Crippen LogP contribution in [-0.4, -0.2) is 30.0 Å². The van der Waals surface area contributed by atoms with Crippen molar-refractivity contribution in [3.63, 3.8) is 0 Å². The van der Waals surface area contributed by atoms with Gasteiger partial charge < -0.3 is 14.8 Å². The zero-order valence-corrected chi connectivity index (χ0v) is 12.5. The fourth-order valence-corrected chi connectivity index (χ4v) is 2.52. The van der Waals surface area contributed by atoms with E-state index in [0.717, 1.165) is 30.2 Å². The minimum atomic E-state index is 0.181. The Morgan fingerprint density at radius 2 is 2.05 bits per heavy atom. The van der Waals surface area contributed by atoms with Gasteiger partial charge in [0.05, 0.1) is 25.8 Å². The van der Waals surface area contributed by atoms with E-state index in [-0.39, 0.29) is 6.04 Å². The maximum absolute atomic E-state index is 5.77. The zero-order chi connectivity index (χ0) is 14.7. The van der Waals surface area contributed by atoms with Gasteiger partial charge in [0.25, 0.3) is 0 Å². The number of rotatable bonds is 4. The van der Waals surface area contributed by atoms with Gasteiger partial charge in [-0.2, -0.15) is 5.10 Å². The maximum Gasteiger partial charge on any atom is 0.161 e. The first-order chi connectivity index (χ1) is 10.3. The van der Waals surface area contributed by atoms with Crippen LogP contribution in [0.2, 0.25) is 0 Å². The molecule has 1 aliphatic rings. The molecule has 0 fully saturated rings. The minimum Gasteiger partial charge on any atom is -0.490 e. The van der Waals surface area contributed by atoms with Crippen molar-refractivity contribution >= 4 is 0 Å². The molecule has 3 rings (SSSR count). The van der Waals surface area contributed by atoms with Gasteiger partial charge in [0.15, 0.2) is 11.5 Å². The Bertz CT molecular complexity index is 609. The molecule has 1 aliphatic heterocycles. The van der Waals surface area contributed by atoms with E-state index < -0.39 is 0 Å². The van der Waals surface area contributed by atoms with Gasteiger partial charge in [0, 0.05) is 18.3 Å². The second-order valence-corrected chi connectivity index (χ2v) is 5.25. The molecule has 112 valence electrons. The molecule has 1 unspecified atom stereocenters. The fraction of sp³-hybridized carbons (Fsp3) is 0.438. The molecule has 0 aliphatic carbocycles. The molecule has 0 amide bonds. The molecule has 0 saturated heterocycles. The Morgan fingerprint density at radius 1 is 1.24 bits per heavy atom. The van der Waals surface area contributed by atoms with Gasteiger partial charge >= 0.3 is 0 Å². The Balaban J connectivity index is 1.84. The number of likely N-dealkylation sites (N-methyl/N-ethyl adjacent to an activating group) is 1. The molecule has 5 nitrogen and oxygen atoms in total. The first kappa shape index (κ1) is 13.9. The fourth-order valence-electron chi connectivity index (χ4n) is 2.52. The van der Waals surface area contributed by atoms with Crippen LogP contribution in [0.1, 0.15) is 23.7 Å². The van der Waals surface area contributed by atoms with Crippen LogP contribution in [0.25, 0.3) is 0 Å². The van der Waals surface area contributed by atoms with Crippen molar-refractivity contribution in [3.8, 4) is 11.5 Å². The highest BCUT2D eigenvalue weighted by atomic mass is 16.5. The van der Waals surface area contributed by atoms with Gasteiger partial charge in [-0.25, -0.2) is 0 Å². The monoisotopic (exact) mass is 287 g/mol. The van der Waals surface area contributed by atoms with Crippen molar-refractivity contribution in [3.05, 3.63) is 41.7 Å². The summed E-state index contributed by atoms with van der Waals surface area (Å²) in [6, 6.07) is 8.35. The molecule has 2 aromatic rings. The van der Waals surface area contributed by atoms with Crippen LogP contribution in [0.4, 0.5) is 0 Å². The van der Waals surface area contributed by atoms with E-state index in [9.17, 15) is 0 Å². The molecule has 1 aromatic carbocycles. The molecular weight excluding hydrogens is 266 g/mol. The topological polar surface area (TPSA) is 48.3 Å². The third kappa shape index (κ3) is 3.03. The molecule has 0 radical (unpaired) electrons. The summed E-state index contributed by atoms with van der Waals surface area (Å²) in [6.07, 6.45) is 2.75. The summed E-state index contributed by atoms with van der Waals surface area (Å²) < 4.78 is 13.5. The van der Waals surface area contributed by atoms with Crippen molar-refractivity contribution in [2.75, 3.05) is 20.3 Å². The van der Waals surface area contributed by atoms with Gasteiger partial charge in [-0.3, -0.25) is 4.68 Å². The zero-order valence-electron chi connectivity index (χ0n) is 12.5. The number of hydrogen-bond donors (Lipinski definition) is 1. The van der Waals surface area contributed by atoms with Gasteiger partial charge in [-0.1, -0.05) is 6.07 Å². The highest BCUT2D eigenvalue weighted by Gasteiger charge is 2.16. The molecular formula is C16H21N3O2. The molecule has 5 heteroatoms. The Morgan fingerprint density at radius 3 is 2.76 bits per heavy atom. The maximum atomic E-state index is 5.77. The Hall–Kier alpha value is -2.01. The lowest BCUT2D eigenvalue weighted by molar-refractivity contribution is 0.297. The van der Waals surface area contributed by atoms with E-state index in [1.165, 1.54) is 5.56 Å². The first-order valence-electron chi connectivity index (χ1n) is 7.33. The van der Waals surface area contributed by atoms with E-state index in [0.29, 0.717) is 13.2 Å². The molecule has 2 heterocycles. The number of fused-ring (bicyclic) bond motifs is 1. The summed E-state index contributed by atoms with van der Waals surface area (Å²) in [5.74, 6) is 1.67. The lowest BCUT2D eigenvalue weighted by atomic mass is 10.1. The van der Waals surface area contributed by atoms with Gasteiger partial charge in [-0.05, 0) is 37.7 Å². The standard InChI is InChI=1S/C16H21N3O2/c1-12-6-7-18-19(12)11-14(17-2)13-4-5-15-16(10-13)21-9-3-8-20-15/h4-7,10,14,17H,3,8-9,11H2,1-2H3. The number of benzene rings is 1. The molecule has 0 saturated carbocycles. The van der Waals surface area contributed by atoms with E-state index >= 15 is 0 Å². The predicted molar refractivity (Wildman–Crippen MR) is 80.8 cm³/mol. The number of nitrogens with one attached hydrogen (secondary N) is 1. The molecule has 1 aromatic heterocycles. The second-order valence-electron chi connectivity index (χ2n) is 5.25. The van der Waals surface area contributed by atoms with Crippen molar-refractivity contribution in [1.29, 1.82) is 0 Å². The van der Waals surface area contributed by atoms with E-state index in [2.05, 4.69) is 29.5 Å². The smallest absolute Gasteiger partial charge is 0.161 e. The van der Waals surface area contributed by atoms with Crippen molar-refractivity contribution in [1.82, 2.24) is 15.1 Å². The van der Waals surface area contributed by atoms with Crippen LogP contribution in [0.15, 0.2) is 30.5 Å². The largest absolute Gasteiger partial charge is 0.490 e. The summed E-state index contributed by atoms with van der Waals surface area (Å²) in [7, 11) is 1.96. The second kappa shape index (κ2) is 6.18. The number of aromatic nitrogens is 2. The minimum absolute atomic E-state index is 0.181.